The van der Waals surface area contributed by atoms with Crippen LogP contribution in [0, 0.1) is 0 Å². The summed E-state index contributed by atoms with van der Waals surface area (Å²) < 4.78 is 0. The molecular weight excluding hydrogens is 236 g/mol. The Balaban J connectivity index is 0.00000144. The Morgan fingerprint density at radius 1 is 1.41 bits per heavy atom. The predicted octanol–water partition coefficient (Wildman–Crippen LogP) is 2.04. The largest absolute Gasteiger partial charge is 0.348 e. The third-order valence-electron chi connectivity index (χ3n) is 3.04. The zero-order valence-electron chi connectivity index (χ0n) is 9.98. The van der Waals surface area contributed by atoms with Crippen LogP contribution in [0.2, 0.25) is 0 Å². The maximum absolute atomic E-state index is 11.9. The van der Waals surface area contributed by atoms with E-state index in [2.05, 4.69) is 10.6 Å². The summed E-state index contributed by atoms with van der Waals surface area (Å²) >= 11 is 0. The third-order valence-corrected chi connectivity index (χ3v) is 3.04. The number of rotatable bonds is 3. The molecule has 0 spiro atoms. The second-order valence-corrected chi connectivity index (χ2v) is 4.29. The zero-order valence-corrected chi connectivity index (χ0v) is 10.8. The Bertz CT molecular complexity index is 350. The molecule has 3 nitrogen and oxygen atoms in total. The number of carbonyl (C=O) groups is 1. The van der Waals surface area contributed by atoms with Gasteiger partial charge in [0.05, 0.1) is 12.1 Å². The molecule has 0 saturated carbocycles. The maximum atomic E-state index is 11.9. The molecule has 1 saturated heterocycles. The minimum absolute atomic E-state index is 0. The number of hydrogen-bond acceptors (Lipinski definition) is 2. The fourth-order valence-electron chi connectivity index (χ4n) is 2.05. The van der Waals surface area contributed by atoms with Crippen LogP contribution in [0.5, 0.6) is 0 Å². The predicted molar refractivity (Wildman–Crippen MR) is 71.3 cm³/mol. The van der Waals surface area contributed by atoms with Gasteiger partial charge in [0, 0.05) is 0 Å². The first kappa shape index (κ1) is 14.0. The van der Waals surface area contributed by atoms with Gasteiger partial charge < -0.3 is 10.6 Å². The highest BCUT2D eigenvalue weighted by Crippen LogP contribution is 2.12. The van der Waals surface area contributed by atoms with Gasteiger partial charge in [0.1, 0.15) is 0 Å². The molecule has 1 aromatic rings. The summed E-state index contributed by atoms with van der Waals surface area (Å²) in [7, 11) is 0. The van der Waals surface area contributed by atoms with Crippen LogP contribution < -0.4 is 10.6 Å². The van der Waals surface area contributed by atoms with E-state index in [0.717, 1.165) is 24.9 Å². The van der Waals surface area contributed by atoms with E-state index in [1.165, 1.54) is 0 Å². The van der Waals surface area contributed by atoms with E-state index in [9.17, 15) is 4.79 Å². The Hall–Kier alpha value is -1.06. The molecule has 1 aliphatic heterocycles. The molecule has 94 valence electrons. The molecule has 4 heteroatoms. The van der Waals surface area contributed by atoms with Gasteiger partial charge in [-0.1, -0.05) is 30.3 Å². The SMILES string of the molecule is C[C@@H](NC(=O)C1CCCN1)c1ccccc1.Cl. The van der Waals surface area contributed by atoms with E-state index in [-0.39, 0.29) is 30.4 Å². The molecule has 1 fully saturated rings. The third kappa shape index (κ3) is 3.72. The van der Waals surface area contributed by atoms with Crippen molar-refractivity contribution in [2.45, 2.75) is 31.8 Å². The van der Waals surface area contributed by atoms with Crippen molar-refractivity contribution in [1.29, 1.82) is 0 Å². The lowest BCUT2D eigenvalue weighted by Crippen LogP contribution is -2.41. The number of hydrogen-bond donors (Lipinski definition) is 2. The summed E-state index contributed by atoms with van der Waals surface area (Å²) in [6, 6.07) is 10.1. The fraction of sp³-hybridized carbons (Fsp3) is 0.462. The average Bonchev–Trinajstić information content (AvgIpc) is 2.83. The minimum Gasteiger partial charge on any atom is -0.348 e. The van der Waals surface area contributed by atoms with Gasteiger partial charge >= 0.3 is 0 Å². The van der Waals surface area contributed by atoms with Crippen LogP contribution in [-0.2, 0) is 4.79 Å². The molecule has 1 aromatic carbocycles. The Kier molecular flexibility index (Phi) is 5.45. The van der Waals surface area contributed by atoms with Crippen LogP contribution in [0.1, 0.15) is 31.4 Å². The smallest absolute Gasteiger partial charge is 0.237 e. The topological polar surface area (TPSA) is 41.1 Å². The van der Waals surface area contributed by atoms with Gasteiger partial charge in [-0.05, 0) is 31.9 Å². The summed E-state index contributed by atoms with van der Waals surface area (Å²) in [6.45, 7) is 2.97. The average molecular weight is 255 g/mol. The normalized spacial score (nSPS) is 20.4. The lowest BCUT2D eigenvalue weighted by atomic mass is 10.1. The number of benzene rings is 1. The zero-order chi connectivity index (χ0) is 11.4. The van der Waals surface area contributed by atoms with Gasteiger partial charge in [0.2, 0.25) is 5.91 Å². The summed E-state index contributed by atoms with van der Waals surface area (Å²) in [5.41, 5.74) is 1.15. The van der Waals surface area contributed by atoms with Crippen molar-refractivity contribution in [1.82, 2.24) is 10.6 Å². The minimum atomic E-state index is 0. The lowest BCUT2D eigenvalue weighted by molar-refractivity contribution is -0.123. The van der Waals surface area contributed by atoms with E-state index in [1.807, 2.05) is 37.3 Å². The highest BCUT2D eigenvalue weighted by Gasteiger charge is 2.23. The fourth-order valence-corrected chi connectivity index (χ4v) is 2.05. The molecule has 2 rings (SSSR count). The summed E-state index contributed by atoms with van der Waals surface area (Å²) in [5.74, 6) is 0.119. The molecule has 1 unspecified atom stereocenters. The van der Waals surface area contributed by atoms with Crippen LogP contribution in [0.15, 0.2) is 30.3 Å². The second kappa shape index (κ2) is 6.62. The Labute approximate surface area is 108 Å². The van der Waals surface area contributed by atoms with Crippen molar-refractivity contribution in [3.63, 3.8) is 0 Å². The van der Waals surface area contributed by atoms with Gasteiger partial charge in [-0.3, -0.25) is 4.79 Å². The van der Waals surface area contributed by atoms with Gasteiger partial charge in [-0.2, -0.15) is 0 Å². The van der Waals surface area contributed by atoms with E-state index < -0.39 is 0 Å². The van der Waals surface area contributed by atoms with Crippen LogP contribution in [0.3, 0.4) is 0 Å². The highest BCUT2D eigenvalue weighted by atomic mass is 35.5. The van der Waals surface area contributed by atoms with Crippen LogP contribution >= 0.6 is 12.4 Å². The molecule has 2 atom stereocenters. The highest BCUT2D eigenvalue weighted by molar-refractivity contribution is 5.85. The van der Waals surface area contributed by atoms with E-state index in [0.29, 0.717) is 0 Å². The van der Waals surface area contributed by atoms with E-state index in [1.54, 1.807) is 0 Å². The van der Waals surface area contributed by atoms with Crippen molar-refractivity contribution < 1.29 is 4.79 Å². The van der Waals surface area contributed by atoms with Crippen molar-refractivity contribution in [3.05, 3.63) is 35.9 Å². The van der Waals surface area contributed by atoms with E-state index in [4.69, 9.17) is 0 Å². The molecule has 1 heterocycles. The first-order chi connectivity index (χ1) is 7.77. The van der Waals surface area contributed by atoms with Gasteiger partial charge in [-0.15, -0.1) is 12.4 Å². The molecular formula is C13H19ClN2O. The van der Waals surface area contributed by atoms with Gasteiger partial charge in [0.15, 0.2) is 0 Å². The molecule has 1 aliphatic rings. The first-order valence-electron chi connectivity index (χ1n) is 5.86. The quantitative estimate of drug-likeness (QED) is 0.867. The molecule has 0 aliphatic carbocycles. The number of halogens is 1. The van der Waals surface area contributed by atoms with Crippen LogP contribution in [0.4, 0.5) is 0 Å². The van der Waals surface area contributed by atoms with Gasteiger partial charge in [-0.25, -0.2) is 0 Å². The monoisotopic (exact) mass is 254 g/mol. The first-order valence-corrected chi connectivity index (χ1v) is 5.86. The van der Waals surface area contributed by atoms with E-state index >= 15 is 0 Å². The molecule has 17 heavy (non-hydrogen) atoms. The number of amides is 1. The summed E-state index contributed by atoms with van der Waals surface area (Å²) in [4.78, 5) is 11.9. The van der Waals surface area contributed by atoms with Crippen molar-refractivity contribution in [3.8, 4) is 0 Å². The summed E-state index contributed by atoms with van der Waals surface area (Å²) in [6.07, 6.45) is 2.05. The Morgan fingerprint density at radius 2 is 2.12 bits per heavy atom. The standard InChI is InChI=1S/C13H18N2O.ClH/c1-10(11-6-3-2-4-7-11)15-13(16)12-8-5-9-14-12;/h2-4,6-7,10,12,14H,5,8-9H2,1H3,(H,15,16);1H/t10-,12?;/m1./s1. The lowest BCUT2D eigenvalue weighted by Gasteiger charge is -2.17. The Morgan fingerprint density at radius 3 is 2.71 bits per heavy atom. The second-order valence-electron chi connectivity index (χ2n) is 4.29. The molecule has 0 radical (unpaired) electrons. The van der Waals surface area contributed by atoms with Crippen LogP contribution in [0.25, 0.3) is 0 Å². The maximum Gasteiger partial charge on any atom is 0.237 e. The van der Waals surface area contributed by atoms with Gasteiger partial charge in [0.25, 0.3) is 0 Å². The van der Waals surface area contributed by atoms with Crippen molar-refractivity contribution in [2.75, 3.05) is 6.54 Å². The number of nitrogens with one attached hydrogen (secondary N) is 2. The molecule has 0 aromatic heterocycles. The molecule has 2 N–H and O–H groups in total. The summed E-state index contributed by atoms with van der Waals surface area (Å²) in [5, 5.41) is 6.24. The van der Waals surface area contributed by atoms with Crippen molar-refractivity contribution >= 4 is 18.3 Å². The molecule has 1 amide bonds. The number of carbonyl (C=O) groups excluding carboxylic acids is 1. The molecule has 0 bridgehead atoms. The van der Waals surface area contributed by atoms with Crippen molar-refractivity contribution in [2.24, 2.45) is 0 Å². The van der Waals surface area contributed by atoms with Crippen LogP contribution in [-0.4, -0.2) is 18.5 Å².